The van der Waals surface area contributed by atoms with E-state index in [1.165, 1.54) is 22.3 Å². The van der Waals surface area contributed by atoms with E-state index in [0.29, 0.717) is 41.6 Å². The number of carbonyl (C=O) groups is 2. The monoisotopic (exact) mass is 518 g/mol. The molecular weight excluding hydrogens is 495 g/mol. The highest BCUT2D eigenvalue weighted by Gasteiger charge is 2.66. The number of benzene rings is 2. The second-order valence-corrected chi connectivity index (χ2v) is 10.7. The molecule has 2 aromatic carbocycles. The van der Waals surface area contributed by atoms with Crippen molar-refractivity contribution in [3.05, 3.63) is 80.4 Å². The van der Waals surface area contributed by atoms with E-state index in [1.54, 1.807) is 29.2 Å². The fourth-order valence-corrected chi connectivity index (χ4v) is 6.45. The molecule has 2 aliphatic heterocycles. The van der Waals surface area contributed by atoms with Crippen LogP contribution in [0.4, 0.5) is 15.2 Å². The second-order valence-electron chi connectivity index (χ2n) is 9.68. The average molecular weight is 519 g/mol. The van der Waals surface area contributed by atoms with E-state index in [2.05, 4.69) is 10.2 Å². The van der Waals surface area contributed by atoms with E-state index < -0.39 is 28.6 Å². The second kappa shape index (κ2) is 8.31. The minimum Gasteiger partial charge on any atom is -0.450 e. The fourth-order valence-electron chi connectivity index (χ4n) is 5.35. The van der Waals surface area contributed by atoms with Crippen LogP contribution in [0.15, 0.2) is 51.7 Å². The zero-order chi connectivity index (χ0) is 26.1. The van der Waals surface area contributed by atoms with Crippen LogP contribution in [0.25, 0.3) is 11.0 Å². The van der Waals surface area contributed by atoms with Crippen molar-refractivity contribution in [3.8, 4) is 0 Å². The summed E-state index contributed by atoms with van der Waals surface area (Å²) in [7, 11) is 0. The summed E-state index contributed by atoms with van der Waals surface area (Å²) in [6, 6.07) is 10.6. The Morgan fingerprint density at radius 3 is 2.65 bits per heavy atom. The first-order chi connectivity index (χ1) is 17.8. The van der Waals surface area contributed by atoms with Crippen molar-refractivity contribution < 1.29 is 18.4 Å². The van der Waals surface area contributed by atoms with Gasteiger partial charge in [0.25, 0.3) is 11.8 Å². The summed E-state index contributed by atoms with van der Waals surface area (Å²) >= 11 is 1.21. The zero-order valence-electron chi connectivity index (χ0n) is 20.4. The SMILES string of the molecule is CCCN1C(=O)C2(c3ccccc31)c1c(oc3ccc(F)cc3c1=O)C(=O)N2c1nnc(CC(C)C)s1. The third-order valence-electron chi connectivity index (χ3n) is 6.76. The number of nitrogens with zero attached hydrogens (tertiary/aromatic N) is 4. The van der Waals surface area contributed by atoms with Crippen molar-refractivity contribution in [1.29, 1.82) is 0 Å². The molecule has 1 spiro atoms. The van der Waals surface area contributed by atoms with Crippen molar-refractivity contribution in [1.82, 2.24) is 10.2 Å². The van der Waals surface area contributed by atoms with E-state index in [1.807, 2.05) is 20.8 Å². The molecule has 0 saturated heterocycles. The fraction of sp³-hybridized carbons (Fsp3) is 0.296. The summed E-state index contributed by atoms with van der Waals surface area (Å²) < 4.78 is 20.1. The number of carbonyl (C=O) groups excluding carboxylic acids is 2. The third-order valence-corrected chi connectivity index (χ3v) is 7.69. The Kier molecular flexibility index (Phi) is 5.27. The van der Waals surface area contributed by atoms with Crippen LogP contribution in [0.3, 0.4) is 0 Å². The van der Waals surface area contributed by atoms with Crippen LogP contribution < -0.4 is 15.2 Å². The van der Waals surface area contributed by atoms with Gasteiger partial charge in [0, 0.05) is 18.5 Å². The maximum atomic E-state index is 14.4. The topological polar surface area (TPSA) is 96.6 Å². The van der Waals surface area contributed by atoms with Gasteiger partial charge in [-0.05, 0) is 36.6 Å². The number of aromatic nitrogens is 2. The average Bonchev–Trinajstić information content (AvgIpc) is 3.49. The maximum absolute atomic E-state index is 14.4. The van der Waals surface area contributed by atoms with Crippen LogP contribution >= 0.6 is 11.3 Å². The summed E-state index contributed by atoms with van der Waals surface area (Å²) in [5.74, 6) is -1.67. The van der Waals surface area contributed by atoms with Gasteiger partial charge in [0.05, 0.1) is 16.6 Å². The van der Waals surface area contributed by atoms with E-state index >= 15 is 0 Å². The lowest BCUT2D eigenvalue weighted by Gasteiger charge is -2.32. The van der Waals surface area contributed by atoms with Gasteiger partial charge in [-0.15, -0.1) is 10.2 Å². The lowest BCUT2D eigenvalue weighted by Crippen LogP contribution is -2.53. The number of anilines is 2. The Labute approximate surface area is 215 Å². The lowest BCUT2D eigenvalue weighted by molar-refractivity contribution is -0.121. The van der Waals surface area contributed by atoms with Gasteiger partial charge in [-0.3, -0.25) is 19.3 Å². The largest absolute Gasteiger partial charge is 0.450 e. The van der Waals surface area contributed by atoms with Crippen molar-refractivity contribution in [2.45, 2.75) is 39.2 Å². The summed E-state index contributed by atoms with van der Waals surface area (Å²) in [6.07, 6.45) is 1.30. The van der Waals surface area contributed by atoms with E-state index in [0.717, 1.165) is 12.1 Å². The molecule has 1 unspecified atom stereocenters. The van der Waals surface area contributed by atoms with Gasteiger partial charge in [0.2, 0.25) is 10.9 Å². The predicted molar refractivity (Wildman–Crippen MR) is 138 cm³/mol. The molecule has 2 aromatic heterocycles. The van der Waals surface area contributed by atoms with Crippen molar-refractivity contribution >= 4 is 44.9 Å². The van der Waals surface area contributed by atoms with Crippen molar-refractivity contribution in [3.63, 3.8) is 0 Å². The first-order valence-electron chi connectivity index (χ1n) is 12.1. The summed E-state index contributed by atoms with van der Waals surface area (Å²) in [6.45, 7) is 6.43. The van der Waals surface area contributed by atoms with Gasteiger partial charge in [-0.1, -0.05) is 50.3 Å². The smallest absolute Gasteiger partial charge is 0.297 e. The summed E-state index contributed by atoms with van der Waals surface area (Å²) in [4.78, 5) is 45.4. The molecule has 4 aromatic rings. The van der Waals surface area contributed by atoms with E-state index in [-0.39, 0.29) is 27.4 Å². The van der Waals surface area contributed by atoms with Gasteiger partial charge in [0.1, 0.15) is 16.4 Å². The highest BCUT2D eigenvalue weighted by atomic mass is 32.1. The Morgan fingerprint density at radius 1 is 1.11 bits per heavy atom. The quantitative estimate of drug-likeness (QED) is 0.382. The van der Waals surface area contributed by atoms with Crippen LogP contribution in [-0.2, 0) is 16.8 Å². The molecule has 2 aliphatic rings. The first kappa shape index (κ1) is 23.5. The third kappa shape index (κ3) is 3.14. The van der Waals surface area contributed by atoms with Crippen LogP contribution in [0.1, 0.15) is 53.9 Å². The number of amides is 2. The molecule has 8 nitrogen and oxygen atoms in total. The summed E-state index contributed by atoms with van der Waals surface area (Å²) in [5.41, 5.74) is -1.44. The molecular formula is C27H23FN4O4S. The lowest BCUT2D eigenvalue weighted by atomic mass is 9.84. The zero-order valence-corrected chi connectivity index (χ0v) is 21.3. The molecule has 4 heterocycles. The highest BCUT2D eigenvalue weighted by Crippen LogP contribution is 2.54. The maximum Gasteiger partial charge on any atom is 0.297 e. The molecule has 0 radical (unpaired) electrons. The molecule has 0 N–H and O–H groups in total. The highest BCUT2D eigenvalue weighted by molar-refractivity contribution is 7.15. The van der Waals surface area contributed by atoms with Crippen LogP contribution in [0, 0.1) is 11.7 Å². The van der Waals surface area contributed by atoms with E-state index in [4.69, 9.17) is 4.42 Å². The Morgan fingerprint density at radius 2 is 1.89 bits per heavy atom. The van der Waals surface area contributed by atoms with Crippen LogP contribution in [0.2, 0.25) is 0 Å². The predicted octanol–water partition coefficient (Wildman–Crippen LogP) is 4.64. The minimum absolute atomic E-state index is 0.0373. The van der Waals surface area contributed by atoms with Gasteiger partial charge < -0.3 is 9.32 Å². The number of hydrogen-bond acceptors (Lipinski definition) is 7. The number of para-hydroxylation sites is 1. The Balaban J connectivity index is 1.71. The standard InChI is InChI=1S/C27H23FN4O4S/c1-4-11-31-18-8-6-5-7-17(18)27(25(31)35)21-22(33)16-13-15(28)9-10-19(16)36-23(21)24(34)32(27)26-30-29-20(37-26)12-14(2)3/h5-10,13-14H,4,11-12H2,1-3H3. The minimum atomic E-state index is -1.84. The molecule has 0 saturated carbocycles. The Bertz CT molecular complexity index is 1660. The summed E-state index contributed by atoms with van der Waals surface area (Å²) in [5, 5.41) is 9.43. The molecule has 1 atom stereocenters. The van der Waals surface area contributed by atoms with Crippen molar-refractivity contribution in [2.24, 2.45) is 5.92 Å². The van der Waals surface area contributed by atoms with Gasteiger partial charge in [-0.25, -0.2) is 4.39 Å². The Hall–Kier alpha value is -3.92. The van der Waals surface area contributed by atoms with Crippen LogP contribution in [0.5, 0.6) is 0 Å². The number of hydrogen-bond donors (Lipinski definition) is 0. The van der Waals surface area contributed by atoms with Crippen molar-refractivity contribution in [2.75, 3.05) is 16.3 Å². The molecule has 10 heteroatoms. The van der Waals surface area contributed by atoms with E-state index in [9.17, 15) is 18.8 Å². The van der Waals surface area contributed by atoms with Crippen LogP contribution in [-0.4, -0.2) is 28.6 Å². The molecule has 0 aliphatic carbocycles. The number of halogens is 1. The van der Waals surface area contributed by atoms with Gasteiger partial charge in [-0.2, -0.15) is 0 Å². The molecule has 0 fully saturated rings. The molecule has 2 amide bonds. The normalized spacial score (nSPS) is 18.5. The molecule has 6 rings (SSSR count). The van der Waals surface area contributed by atoms with Gasteiger partial charge >= 0.3 is 0 Å². The molecule has 188 valence electrons. The number of rotatable bonds is 5. The van der Waals surface area contributed by atoms with Gasteiger partial charge in [0.15, 0.2) is 11.0 Å². The first-order valence-corrected chi connectivity index (χ1v) is 13.0. The number of fused-ring (bicyclic) bond motifs is 5. The molecule has 0 bridgehead atoms. The molecule has 37 heavy (non-hydrogen) atoms.